The van der Waals surface area contributed by atoms with Gasteiger partial charge in [-0.05, 0) is 13.3 Å². The molecule has 0 amide bonds. The molecule has 1 N–H and O–H groups in total. The second kappa shape index (κ2) is 5.02. The van der Waals surface area contributed by atoms with Gasteiger partial charge >= 0.3 is 5.97 Å². The summed E-state index contributed by atoms with van der Waals surface area (Å²) in [5.74, 6) is -0.967. The Balaban J connectivity index is 4.54. The van der Waals surface area contributed by atoms with Gasteiger partial charge in [0.2, 0.25) is 0 Å². The van der Waals surface area contributed by atoms with E-state index in [9.17, 15) is 9.90 Å². The Morgan fingerprint density at radius 2 is 2.31 bits per heavy atom. The van der Waals surface area contributed by atoms with Crippen LogP contribution in [0, 0.1) is 5.92 Å². The number of hydrogen-bond acceptors (Lipinski definition) is 3. The maximum Gasteiger partial charge on any atom is 0.311 e. The smallest absolute Gasteiger partial charge is 0.311 e. The second-order valence-electron chi connectivity index (χ2n) is 3.19. The number of methoxy groups -OCH3 is 1. The molecule has 0 heterocycles. The standard InChI is InChI=1S/C10H18O3/c1-5-7-10(12,6-2)8(3)9(11)13-4/h6,8,12H,2,5,7H2,1,3-4H3. The Kier molecular flexibility index (Phi) is 4.70. The van der Waals surface area contributed by atoms with Gasteiger partial charge in [0.05, 0.1) is 18.6 Å². The van der Waals surface area contributed by atoms with Gasteiger partial charge in [-0.2, -0.15) is 0 Å². The van der Waals surface area contributed by atoms with Crippen LogP contribution in [0.25, 0.3) is 0 Å². The van der Waals surface area contributed by atoms with E-state index in [-0.39, 0.29) is 0 Å². The molecule has 2 unspecified atom stereocenters. The van der Waals surface area contributed by atoms with Crippen molar-refractivity contribution in [3.05, 3.63) is 12.7 Å². The lowest BCUT2D eigenvalue weighted by atomic mass is 9.85. The summed E-state index contributed by atoms with van der Waals surface area (Å²) in [6, 6.07) is 0. The summed E-state index contributed by atoms with van der Waals surface area (Å²) in [6.45, 7) is 7.12. The molecule has 3 nitrogen and oxygen atoms in total. The van der Waals surface area contributed by atoms with E-state index in [0.717, 1.165) is 6.42 Å². The number of carbonyl (C=O) groups is 1. The Bertz CT molecular complexity index is 189. The molecule has 0 aliphatic heterocycles. The van der Waals surface area contributed by atoms with Crippen LogP contribution in [0.1, 0.15) is 26.7 Å². The van der Waals surface area contributed by atoms with Gasteiger partial charge in [-0.25, -0.2) is 0 Å². The van der Waals surface area contributed by atoms with Crippen molar-refractivity contribution in [2.45, 2.75) is 32.3 Å². The zero-order chi connectivity index (χ0) is 10.5. The van der Waals surface area contributed by atoms with Crippen molar-refractivity contribution in [3.63, 3.8) is 0 Å². The van der Waals surface area contributed by atoms with Crippen LogP contribution in [0.15, 0.2) is 12.7 Å². The molecular formula is C10H18O3. The fourth-order valence-electron chi connectivity index (χ4n) is 1.28. The first-order valence-corrected chi connectivity index (χ1v) is 4.45. The van der Waals surface area contributed by atoms with E-state index in [0.29, 0.717) is 6.42 Å². The van der Waals surface area contributed by atoms with Crippen LogP contribution >= 0.6 is 0 Å². The van der Waals surface area contributed by atoms with Gasteiger partial charge < -0.3 is 9.84 Å². The van der Waals surface area contributed by atoms with E-state index < -0.39 is 17.5 Å². The van der Waals surface area contributed by atoms with Gasteiger partial charge in [0, 0.05) is 0 Å². The Hall–Kier alpha value is -0.830. The van der Waals surface area contributed by atoms with E-state index in [1.807, 2.05) is 6.92 Å². The number of ether oxygens (including phenoxy) is 1. The first kappa shape index (κ1) is 12.2. The third-order valence-corrected chi connectivity index (χ3v) is 2.31. The maximum atomic E-state index is 11.2. The van der Waals surface area contributed by atoms with Crippen LogP contribution in [0.5, 0.6) is 0 Å². The van der Waals surface area contributed by atoms with Gasteiger partial charge in [0.15, 0.2) is 0 Å². The van der Waals surface area contributed by atoms with Gasteiger partial charge in [-0.3, -0.25) is 4.79 Å². The van der Waals surface area contributed by atoms with Crippen LogP contribution in [0.3, 0.4) is 0 Å². The van der Waals surface area contributed by atoms with Crippen molar-refractivity contribution in [2.75, 3.05) is 7.11 Å². The molecule has 76 valence electrons. The zero-order valence-corrected chi connectivity index (χ0v) is 8.54. The number of rotatable bonds is 5. The lowest BCUT2D eigenvalue weighted by molar-refractivity contribution is -0.152. The number of carbonyl (C=O) groups excluding carboxylic acids is 1. The van der Waals surface area contributed by atoms with Gasteiger partial charge in [0.1, 0.15) is 0 Å². The molecule has 0 aromatic heterocycles. The minimum atomic E-state index is -1.14. The normalized spacial score (nSPS) is 17.2. The summed E-state index contributed by atoms with van der Waals surface area (Å²) in [5, 5.41) is 9.97. The molecule has 0 aromatic rings. The molecule has 0 fully saturated rings. The van der Waals surface area contributed by atoms with E-state index in [1.54, 1.807) is 6.92 Å². The third kappa shape index (κ3) is 2.84. The van der Waals surface area contributed by atoms with Crippen LogP contribution in [-0.2, 0) is 9.53 Å². The van der Waals surface area contributed by atoms with Crippen LogP contribution in [0.4, 0.5) is 0 Å². The highest BCUT2D eigenvalue weighted by Crippen LogP contribution is 2.25. The predicted octanol–water partition coefficient (Wildman–Crippen LogP) is 1.51. The predicted molar refractivity (Wildman–Crippen MR) is 51.2 cm³/mol. The van der Waals surface area contributed by atoms with Crippen molar-refractivity contribution in [1.82, 2.24) is 0 Å². The van der Waals surface area contributed by atoms with Crippen molar-refractivity contribution < 1.29 is 14.6 Å². The third-order valence-electron chi connectivity index (χ3n) is 2.31. The summed E-state index contributed by atoms with van der Waals surface area (Å²) in [4.78, 5) is 11.2. The van der Waals surface area contributed by atoms with Crippen molar-refractivity contribution in [1.29, 1.82) is 0 Å². The maximum absolute atomic E-state index is 11.2. The highest BCUT2D eigenvalue weighted by Gasteiger charge is 2.35. The van der Waals surface area contributed by atoms with E-state index in [2.05, 4.69) is 11.3 Å². The zero-order valence-electron chi connectivity index (χ0n) is 8.54. The van der Waals surface area contributed by atoms with E-state index in [1.165, 1.54) is 13.2 Å². The fourth-order valence-corrected chi connectivity index (χ4v) is 1.28. The minimum Gasteiger partial charge on any atom is -0.469 e. The SMILES string of the molecule is C=CC(O)(CCC)C(C)C(=O)OC. The molecule has 0 saturated heterocycles. The summed E-state index contributed by atoms with van der Waals surface area (Å²) < 4.78 is 4.56. The highest BCUT2D eigenvalue weighted by molar-refractivity contribution is 5.73. The first-order valence-electron chi connectivity index (χ1n) is 4.45. The Morgan fingerprint density at radius 3 is 2.62 bits per heavy atom. The van der Waals surface area contributed by atoms with Crippen molar-refractivity contribution in [2.24, 2.45) is 5.92 Å². The monoisotopic (exact) mass is 186 g/mol. The number of esters is 1. The molecule has 2 atom stereocenters. The molecule has 0 bridgehead atoms. The summed E-state index contributed by atoms with van der Waals surface area (Å²) >= 11 is 0. The quantitative estimate of drug-likeness (QED) is 0.523. The number of aliphatic hydroxyl groups is 1. The van der Waals surface area contributed by atoms with Crippen LogP contribution in [0.2, 0.25) is 0 Å². The summed E-state index contributed by atoms with van der Waals surface area (Å²) in [6.07, 6.45) is 2.73. The molecule has 13 heavy (non-hydrogen) atoms. The lowest BCUT2D eigenvalue weighted by Crippen LogP contribution is -2.39. The van der Waals surface area contributed by atoms with Gasteiger partial charge in [-0.15, -0.1) is 6.58 Å². The molecule has 0 aromatic carbocycles. The Labute approximate surface area is 79.4 Å². The molecule has 0 aliphatic carbocycles. The van der Waals surface area contributed by atoms with Crippen LogP contribution < -0.4 is 0 Å². The van der Waals surface area contributed by atoms with E-state index in [4.69, 9.17) is 0 Å². The average molecular weight is 186 g/mol. The molecule has 0 radical (unpaired) electrons. The Morgan fingerprint density at radius 1 is 1.77 bits per heavy atom. The second-order valence-corrected chi connectivity index (χ2v) is 3.19. The average Bonchev–Trinajstić information content (AvgIpc) is 2.15. The largest absolute Gasteiger partial charge is 0.469 e. The summed E-state index contributed by atoms with van der Waals surface area (Å²) in [7, 11) is 1.31. The molecule has 0 saturated carbocycles. The number of hydrogen-bond donors (Lipinski definition) is 1. The molecule has 0 rings (SSSR count). The first-order chi connectivity index (χ1) is 6.01. The topological polar surface area (TPSA) is 46.5 Å². The lowest BCUT2D eigenvalue weighted by Gasteiger charge is -2.28. The molecule has 0 spiro atoms. The molecule has 0 aliphatic rings. The molecule has 3 heteroatoms. The van der Waals surface area contributed by atoms with Gasteiger partial charge in [-0.1, -0.05) is 19.4 Å². The van der Waals surface area contributed by atoms with Gasteiger partial charge in [0.25, 0.3) is 0 Å². The van der Waals surface area contributed by atoms with Crippen LogP contribution in [-0.4, -0.2) is 23.8 Å². The van der Waals surface area contributed by atoms with Crippen molar-refractivity contribution >= 4 is 5.97 Å². The van der Waals surface area contributed by atoms with Crippen molar-refractivity contribution in [3.8, 4) is 0 Å². The minimum absolute atomic E-state index is 0.407. The fraction of sp³-hybridized carbons (Fsp3) is 0.700. The highest BCUT2D eigenvalue weighted by atomic mass is 16.5. The van der Waals surface area contributed by atoms with E-state index >= 15 is 0 Å². The molecular weight excluding hydrogens is 168 g/mol. The summed E-state index contributed by atoms with van der Waals surface area (Å²) in [5.41, 5.74) is -1.14.